The number of fused-ring (bicyclic) bond motifs is 5. The van der Waals surface area contributed by atoms with E-state index in [1.165, 1.54) is 44.9 Å². The first-order valence-electron chi connectivity index (χ1n) is 13.5. The summed E-state index contributed by atoms with van der Waals surface area (Å²) in [6, 6.07) is 2.21. The van der Waals surface area contributed by atoms with Crippen LogP contribution in [-0.4, -0.2) is 20.5 Å². The molecule has 0 radical (unpaired) electrons. The monoisotopic (exact) mass is 437 g/mol. The summed E-state index contributed by atoms with van der Waals surface area (Å²) in [4.78, 5) is 0. The Morgan fingerprint density at radius 2 is 1.97 bits per heavy atom. The van der Waals surface area contributed by atoms with Crippen molar-refractivity contribution in [3.05, 3.63) is 18.0 Å². The highest BCUT2D eigenvalue weighted by Crippen LogP contribution is 2.65. The molecule has 1 heterocycles. The molecule has 4 saturated carbocycles. The average molecular weight is 438 g/mol. The van der Waals surface area contributed by atoms with Gasteiger partial charge in [-0.3, -0.25) is 4.68 Å². The van der Waals surface area contributed by atoms with Crippen molar-refractivity contribution in [2.24, 2.45) is 46.8 Å². The minimum atomic E-state index is -0.363. The van der Waals surface area contributed by atoms with E-state index in [9.17, 15) is 5.11 Å². The lowest BCUT2D eigenvalue weighted by molar-refractivity contribution is -0.110. The molecule has 1 aromatic rings. The van der Waals surface area contributed by atoms with Gasteiger partial charge in [-0.1, -0.05) is 27.2 Å². The van der Waals surface area contributed by atoms with Crippen LogP contribution >= 0.6 is 0 Å². The van der Waals surface area contributed by atoms with Gasteiger partial charge in [-0.05, 0) is 111 Å². The van der Waals surface area contributed by atoms with Crippen molar-refractivity contribution in [3.63, 3.8) is 0 Å². The molecule has 4 fully saturated rings. The fourth-order valence-corrected chi connectivity index (χ4v) is 9.57. The molecule has 0 aromatic carbocycles. The van der Waals surface area contributed by atoms with Crippen LogP contribution in [0.4, 0.5) is 0 Å². The third kappa shape index (κ3) is 3.73. The van der Waals surface area contributed by atoms with Gasteiger partial charge in [-0.15, -0.1) is 0 Å². The van der Waals surface area contributed by atoms with Crippen LogP contribution in [0.5, 0.6) is 0 Å². The van der Waals surface area contributed by atoms with Gasteiger partial charge in [0, 0.05) is 12.7 Å². The third-order valence-electron chi connectivity index (χ3n) is 10.8. The number of aliphatic hydroxyl groups is 1. The van der Waals surface area contributed by atoms with Gasteiger partial charge in [0.25, 0.3) is 0 Å². The van der Waals surface area contributed by atoms with Crippen LogP contribution in [0.25, 0.3) is 0 Å². The topological polar surface area (TPSA) is 61.8 Å². The van der Waals surface area contributed by atoms with Gasteiger partial charge < -0.3 is 5.11 Å². The second kappa shape index (κ2) is 8.46. The largest absolute Gasteiger partial charge is 0.390 e. The Kier molecular flexibility index (Phi) is 5.94. The molecule has 5 rings (SSSR count). The maximum Gasteiger partial charge on any atom is 0.102 e. The molecule has 1 unspecified atom stereocenters. The van der Waals surface area contributed by atoms with Gasteiger partial charge >= 0.3 is 0 Å². The zero-order valence-electron chi connectivity index (χ0n) is 20.5. The van der Waals surface area contributed by atoms with Gasteiger partial charge in [0.2, 0.25) is 0 Å². The maximum atomic E-state index is 11.1. The van der Waals surface area contributed by atoms with Gasteiger partial charge in [0.15, 0.2) is 0 Å². The molecule has 32 heavy (non-hydrogen) atoms. The van der Waals surface area contributed by atoms with Crippen LogP contribution in [0, 0.1) is 58.2 Å². The average Bonchev–Trinajstić information content (AvgIpc) is 3.36. The van der Waals surface area contributed by atoms with E-state index in [1.807, 2.05) is 10.9 Å². The maximum absolute atomic E-state index is 11.1. The molecule has 4 nitrogen and oxygen atoms in total. The first-order chi connectivity index (χ1) is 15.4. The van der Waals surface area contributed by atoms with Crippen molar-refractivity contribution < 1.29 is 5.11 Å². The standard InChI is InChI=1S/C28H43N3O/c1-4-11-28(32)13-10-22-21(14-28)5-6-24-23(22)9-12-27(3)25(7-8-26(24)27)19(2)17-31-18-20(15-29)16-30-31/h16,18-19,21-26,32H,4-14,17H2,1-3H3/t19-,21-,22+,23-,24-,25?,26+,27-,28-/m1/s1. The Hall–Kier alpha value is -1.34. The summed E-state index contributed by atoms with van der Waals surface area (Å²) >= 11 is 0. The van der Waals surface area contributed by atoms with E-state index >= 15 is 0 Å². The minimum absolute atomic E-state index is 0.363. The van der Waals surface area contributed by atoms with Gasteiger partial charge in [-0.25, -0.2) is 0 Å². The zero-order valence-corrected chi connectivity index (χ0v) is 20.5. The summed E-state index contributed by atoms with van der Waals surface area (Å²) in [5.41, 5.74) is 0.775. The fourth-order valence-electron chi connectivity index (χ4n) is 9.57. The summed E-state index contributed by atoms with van der Waals surface area (Å²) in [5.74, 6) is 5.73. The van der Waals surface area contributed by atoms with E-state index < -0.39 is 0 Å². The van der Waals surface area contributed by atoms with Gasteiger partial charge in [-0.2, -0.15) is 10.4 Å². The van der Waals surface area contributed by atoms with Crippen LogP contribution < -0.4 is 0 Å². The second-order valence-electron chi connectivity index (χ2n) is 12.4. The number of rotatable bonds is 5. The number of hydrogen-bond acceptors (Lipinski definition) is 3. The van der Waals surface area contributed by atoms with Gasteiger partial charge in [0.05, 0.1) is 17.4 Å². The van der Waals surface area contributed by atoms with Crippen molar-refractivity contribution in [2.75, 3.05) is 0 Å². The Morgan fingerprint density at radius 1 is 1.16 bits per heavy atom. The summed E-state index contributed by atoms with van der Waals surface area (Å²) < 4.78 is 2.00. The van der Waals surface area contributed by atoms with E-state index in [-0.39, 0.29) is 5.60 Å². The summed E-state index contributed by atoms with van der Waals surface area (Å²) in [6.45, 7) is 8.20. The summed E-state index contributed by atoms with van der Waals surface area (Å²) in [5, 5.41) is 24.7. The molecule has 1 aromatic heterocycles. The third-order valence-corrected chi connectivity index (χ3v) is 10.8. The van der Waals surface area contributed by atoms with Crippen LogP contribution in [0.1, 0.15) is 97.0 Å². The van der Waals surface area contributed by atoms with Gasteiger partial charge in [0.1, 0.15) is 6.07 Å². The van der Waals surface area contributed by atoms with E-state index in [0.717, 1.165) is 67.7 Å². The lowest BCUT2D eigenvalue weighted by Gasteiger charge is -2.57. The van der Waals surface area contributed by atoms with E-state index in [0.29, 0.717) is 16.9 Å². The smallest absolute Gasteiger partial charge is 0.102 e. The molecule has 1 N–H and O–H groups in total. The molecule has 0 amide bonds. The van der Waals surface area contributed by atoms with Crippen molar-refractivity contribution in [1.82, 2.24) is 9.78 Å². The first-order valence-corrected chi connectivity index (χ1v) is 13.5. The molecule has 0 bridgehead atoms. The Morgan fingerprint density at radius 3 is 2.72 bits per heavy atom. The first kappa shape index (κ1) is 22.5. The predicted molar refractivity (Wildman–Crippen MR) is 127 cm³/mol. The molecule has 4 heteroatoms. The number of hydrogen-bond donors (Lipinski definition) is 1. The Balaban J connectivity index is 1.27. The van der Waals surface area contributed by atoms with Crippen molar-refractivity contribution in [2.45, 2.75) is 104 Å². The Labute approximate surface area is 194 Å². The number of nitrogens with zero attached hydrogens (tertiary/aromatic N) is 3. The van der Waals surface area contributed by atoms with Crippen molar-refractivity contribution >= 4 is 0 Å². The Bertz CT molecular complexity index is 857. The fraction of sp³-hybridized carbons (Fsp3) is 0.857. The molecule has 9 atom stereocenters. The lowest BCUT2D eigenvalue weighted by atomic mass is 9.48. The molecule has 176 valence electrons. The predicted octanol–water partition coefficient (Wildman–Crippen LogP) is 6.19. The molecular formula is C28H43N3O. The SMILES string of the molecule is CCC[C@@]1(O)CC[C@H]2[C@H](CC[C@@H]3[C@@H]2CC[C@]2(C)C([C@H](C)Cn4cc(C#N)cn4)CC[C@@H]32)C1. The lowest BCUT2D eigenvalue weighted by Crippen LogP contribution is -2.51. The molecular weight excluding hydrogens is 394 g/mol. The second-order valence-corrected chi connectivity index (χ2v) is 12.4. The van der Waals surface area contributed by atoms with Crippen LogP contribution in [-0.2, 0) is 6.54 Å². The van der Waals surface area contributed by atoms with Crippen LogP contribution in [0.2, 0.25) is 0 Å². The quantitative estimate of drug-likeness (QED) is 0.597. The molecule has 0 saturated heterocycles. The van der Waals surface area contributed by atoms with E-state index in [2.05, 4.69) is 31.9 Å². The van der Waals surface area contributed by atoms with Crippen LogP contribution in [0.3, 0.4) is 0 Å². The zero-order chi connectivity index (χ0) is 22.5. The highest BCUT2D eigenvalue weighted by molar-refractivity contribution is 5.21. The van der Waals surface area contributed by atoms with E-state index in [1.54, 1.807) is 6.20 Å². The highest BCUT2D eigenvalue weighted by atomic mass is 16.3. The number of nitriles is 1. The summed E-state index contributed by atoms with van der Waals surface area (Å²) in [6.07, 6.45) is 17.4. The molecule has 4 aliphatic rings. The van der Waals surface area contributed by atoms with Crippen molar-refractivity contribution in [1.29, 1.82) is 5.26 Å². The highest BCUT2D eigenvalue weighted by Gasteiger charge is 2.58. The molecule has 0 aliphatic heterocycles. The van der Waals surface area contributed by atoms with Crippen molar-refractivity contribution in [3.8, 4) is 6.07 Å². The normalized spacial score (nSPS) is 44.2. The number of aromatic nitrogens is 2. The summed E-state index contributed by atoms with van der Waals surface area (Å²) in [7, 11) is 0. The minimum Gasteiger partial charge on any atom is -0.390 e. The molecule has 0 spiro atoms. The molecule has 4 aliphatic carbocycles. The van der Waals surface area contributed by atoms with E-state index in [4.69, 9.17) is 5.26 Å². The van der Waals surface area contributed by atoms with Crippen LogP contribution in [0.15, 0.2) is 12.4 Å².